The predicted molar refractivity (Wildman–Crippen MR) is 73.5 cm³/mol. The van der Waals surface area contributed by atoms with Crippen LogP contribution in [0.5, 0.6) is 0 Å². The van der Waals surface area contributed by atoms with Crippen LogP contribution in [-0.2, 0) is 11.3 Å². The molecule has 1 amide bonds. The van der Waals surface area contributed by atoms with Crippen LogP contribution in [0.25, 0.3) is 0 Å². The van der Waals surface area contributed by atoms with E-state index in [9.17, 15) is 4.79 Å². The normalized spacial score (nSPS) is 19.9. The Kier molecular flexibility index (Phi) is 4.88. The van der Waals surface area contributed by atoms with Crippen molar-refractivity contribution in [3.8, 4) is 6.07 Å². The second-order valence-electron chi connectivity index (χ2n) is 4.52. The minimum Gasteiger partial charge on any atom is -0.467 e. The summed E-state index contributed by atoms with van der Waals surface area (Å²) in [6.45, 7) is 1.56. The van der Waals surface area contributed by atoms with E-state index in [1.54, 1.807) is 36.0 Å². The number of nitriles is 1. The Balaban J connectivity index is 1.87. The molecule has 102 valence electrons. The minimum absolute atomic E-state index is 0.0172. The Morgan fingerprint density at radius 3 is 3.26 bits per heavy atom. The molecule has 2 rings (SSSR count). The van der Waals surface area contributed by atoms with Gasteiger partial charge >= 0.3 is 0 Å². The van der Waals surface area contributed by atoms with E-state index in [0.717, 1.165) is 23.8 Å². The van der Waals surface area contributed by atoms with E-state index in [-0.39, 0.29) is 11.9 Å². The lowest BCUT2D eigenvalue weighted by molar-refractivity contribution is -0.132. The Labute approximate surface area is 117 Å². The number of amides is 1. The molecular weight excluding hydrogens is 262 g/mol. The van der Waals surface area contributed by atoms with E-state index < -0.39 is 0 Å². The molecule has 6 heteroatoms. The monoisotopic (exact) mass is 279 g/mol. The third-order valence-corrected chi connectivity index (χ3v) is 4.15. The number of thioether (sulfide) groups is 1. The van der Waals surface area contributed by atoms with Gasteiger partial charge in [-0.1, -0.05) is 0 Å². The highest BCUT2D eigenvalue weighted by atomic mass is 32.2. The van der Waals surface area contributed by atoms with Crippen molar-refractivity contribution in [2.75, 3.05) is 31.6 Å². The number of nitrogens with zero attached hydrogens (tertiary/aromatic N) is 3. The first kappa shape index (κ1) is 14.0. The molecule has 0 bridgehead atoms. The van der Waals surface area contributed by atoms with Crippen molar-refractivity contribution in [1.29, 1.82) is 5.26 Å². The predicted octanol–water partition coefficient (Wildman–Crippen LogP) is 1.18. The highest BCUT2D eigenvalue weighted by Gasteiger charge is 2.25. The lowest BCUT2D eigenvalue weighted by atomic mass is 10.3. The number of rotatable bonds is 4. The zero-order valence-electron chi connectivity index (χ0n) is 10.9. The van der Waals surface area contributed by atoms with Crippen molar-refractivity contribution in [3.63, 3.8) is 0 Å². The zero-order valence-corrected chi connectivity index (χ0v) is 11.7. The molecule has 1 atom stereocenters. The quantitative estimate of drug-likeness (QED) is 0.828. The Morgan fingerprint density at radius 1 is 1.74 bits per heavy atom. The van der Waals surface area contributed by atoms with Gasteiger partial charge in [-0.05, 0) is 12.1 Å². The third-order valence-electron chi connectivity index (χ3n) is 3.13. The van der Waals surface area contributed by atoms with Crippen LogP contribution in [0, 0.1) is 11.3 Å². The van der Waals surface area contributed by atoms with Gasteiger partial charge in [0.15, 0.2) is 0 Å². The highest BCUT2D eigenvalue weighted by molar-refractivity contribution is 7.99. The number of carbonyl (C=O) groups excluding carboxylic acids is 1. The number of hydrogen-bond donors (Lipinski definition) is 0. The average Bonchev–Trinajstić information content (AvgIpc) is 2.92. The molecule has 1 aromatic rings. The van der Waals surface area contributed by atoms with Crippen molar-refractivity contribution in [2.24, 2.45) is 0 Å². The van der Waals surface area contributed by atoms with Gasteiger partial charge in [0.05, 0.1) is 25.4 Å². The molecule has 1 fully saturated rings. The fourth-order valence-electron chi connectivity index (χ4n) is 1.97. The number of hydrogen-bond acceptors (Lipinski definition) is 5. The summed E-state index contributed by atoms with van der Waals surface area (Å²) in [5.74, 6) is 2.55. The maximum absolute atomic E-state index is 12.1. The first-order chi connectivity index (χ1) is 9.20. The van der Waals surface area contributed by atoms with E-state index in [2.05, 4.69) is 6.07 Å². The standard InChI is InChI=1S/C13H17N3O2S/c1-15(8-12-3-2-5-18-12)13(17)9-16-4-6-19-10-11(16)7-14/h2-3,5,11H,4,6,8-10H2,1H3/t11-/m1/s1. The van der Waals surface area contributed by atoms with Crippen LogP contribution in [0.4, 0.5) is 0 Å². The van der Waals surface area contributed by atoms with Gasteiger partial charge in [-0.25, -0.2) is 0 Å². The van der Waals surface area contributed by atoms with E-state index in [1.807, 2.05) is 11.0 Å². The van der Waals surface area contributed by atoms with Crippen LogP contribution in [0.2, 0.25) is 0 Å². The van der Waals surface area contributed by atoms with Gasteiger partial charge in [0.2, 0.25) is 5.91 Å². The highest BCUT2D eigenvalue weighted by Crippen LogP contribution is 2.16. The van der Waals surface area contributed by atoms with Crippen LogP contribution in [0.15, 0.2) is 22.8 Å². The van der Waals surface area contributed by atoms with Gasteiger partial charge in [0.1, 0.15) is 11.8 Å². The molecule has 0 unspecified atom stereocenters. The van der Waals surface area contributed by atoms with Crippen molar-refractivity contribution >= 4 is 17.7 Å². The smallest absolute Gasteiger partial charge is 0.236 e. The van der Waals surface area contributed by atoms with Crippen LogP contribution >= 0.6 is 11.8 Å². The minimum atomic E-state index is -0.153. The Morgan fingerprint density at radius 2 is 2.58 bits per heavy atom. The maximum Gasteiger partial charge on any atom is 0.236 e. The topological polar surface area (TPSA) is 60.5 Å². The van der Waals surface area contributed by atoms with E-state index in [0.29, 0.717) is 13.1 Å². The van der Waals surface area contributed by atoms with E-state index >= 15 is 0 Å². The summed E-state index contributed by atoms with van der Waals surface area (Å²) in [5, 5.41) is 9.08. The average molecular weight is 279 g/mol. The van der Waals surface area contributed by atoms with Gasteiger partial charge in [-0.15, -0.1) is 0 Å². The molecular formula is C13H17N3O2S. The summed E-state index contributed by atoms with van der Waals surface area (Å²) < 4.78 is 5.22. The summed E-state index contributed by atoms with van der Waals surface area (Å²) in [4.78, 5) is 15.7. The molecule has 1 aliphatic heterocycles. The van der Waals surface area contributed by atoms with Gasteiger partial charge < -0.3 is 9.32 Å². The third kappa shape index (κ3) is 3.75. The molecule has 1 aliphatic rings. The maximum atomic E-state index is 12.1. The Hall–Kier alpha value is -1.45. The largest absolute Gasteiger partial charge is 0.467 e. The fraction of sp³-hybridized carbons (Fsp3) is 0.538. The molecule has 0 saturated carbocycles. The molecule has 0 spiro atoms. The Bertz CT molecular complexity index is 455. The van der Waals surface area contributed by atoms with Crippen molar-refractivity contribution in [1.82, 2.24) is 9.80 Å². The van der Waals surface area contributed by atoms with Crippen molar-refractivity contribution < 1.29 is 9.21 Å². The summed E-state index contributed by atoms with van der Waals surface area (Å²) in [6, 6.07) is 5.76. The van der Waals surface area contributed by atoms with Crippen LogP contribution in [-0.4, -0.2) is 53.4 Å². The molecule has 2 heterocycles. The van der Waals surface area contributed by atoms with E-state index in [4.69, 9.17) is 9.68 Å². The molecule has 0 aromatic carbocycles. The number of carbonyl (C=O) groups is 1. The molecule has 19 heavy (non-hydrogen) atoms. The van der Waals surface area contributed by atoms with Crippen LogP contribution in [0.1, 0.15) is 5.76 Å². The molecule has 1 saturated heterocycles. The van der Waals surface area contributed by atoms with Crippen molar-refractivity contribution in [3.05, 3.63) is 24.2 Å². The second-order valence-corrected chi connectivity index (χ2v) is 5.67. The molecule has 1 aromatic heterocycles. The van der Waals surface area contributed by atoms with Crippen LogP contribution in [0.3, 0.4) is 0 Å². The molecule has 0 aliphatic carbocycles. The van der Waals surface area contributed by atoms with Gasteiger partial charge in [0.25, 0.3) is 0 Å². The van der Waals surface area contributed by atoms with Gasteiger partial charge in [-0.2, -0.15) is 17.0 Å². The van der Waals surface area contributed by atoms with Crippen LogP contribution < -0.4 is 0 Å². The lowest BCUT2D eigenvalue weighted by Gasteiger charge is -2.31. The second kappa shape index (κ2) is 6.64. The first-order valence-corrected chi connectivity index (χ1v) is 7.34. The van der Waals surface area contributed by atoms with Crippen molar-refractivity contribution in [2.45, 2.75) is 12.6 Å². The first-order valence-electron chi connectivity index (χ1n) is 6.18. The molecule has 0 N–H and O–H groups in total. The summed E-state index contributed by atoms with van der Waals surface area (Å²) in [5.41, 5.74) is 0. The zero-order chi connectivity index (χ0) is 13.7. The molecule has 0 radical (unpaired) electrons. The summed E-state index contributed by atoms with van der Waals surface area (Å²) >= 11 is 1.77. The SMILES string of the molecule is CN(Cc1ccco1)C(=O)CN1CCSC[C@H]1C#N. The summed E-state index contributed by atoms with van der Waals surface area (Å²) in [7, 11) is 1.75. The summed E-state index contributed by atoms with van der Waals surface area (Å²) in [6.07, 6.45) is 1.60. The number of furan rings is 1. The van der Waals surface area contributed by atoms with Gasteiger partial charge in [0, 0.05) is 25.1 Å². The van der Waals surface area contributed by atoms with Gasteiger partial charge in [-0.3, -0.25) is 9.69 Å². The van der Waals surface area contributed by atoms with E-state index in [1.165, 1.54) is 0 Å². The number of likely N-dealkylation sites (N-methyl/N-ethyl adjacent to an activating group) is 1. The fourth-order valence-corrected chi connectivity index (χ4v) is 3.00. The molecule has 5 nitrogen and oxygen atoms in total. The lowest BCUT2D eigenvalue weighted by Crippen LogP contribution is -2.47.